The van der Waals surface area contributed by atoms with Crippen LogP contribution in [-0.4, -0.2) is 59.0 Å². The third-order valence-electron chi connectivity index (χ3n) is 8.08. The summed E-state index contributed by atoms with van der Waals surface area (Å²) in [4.78, 5) is 22.6. The van der Waals surface area contributed by atoms with E-state index in [0.717, 1.165) is 51.4 Å². The smallest absolute Gasteiger partial charge is 0.393 e. The van der Waals surface area contributed by atoms with Crippen LogP contribution in [0.5, 0.6) is 0 Å². The third-order valence-corrected chi connectivity index (χ3v) is 9.06. The van der Waals surface area contributed by atoms with Crippen LogP contribution < -0.4 is 11.1 Å². The van der Waals surface area contributed by atoms with Crippen molar-refractivity contribution in [2.24, 2.45) is 5.73 Å². The number of phosphoric ester groups is 1. The van der Waals surface area contributed by atoms with Crippen LogP contribution in [0, 0.1) is 0 Å². The summed E-state index contributed by atoms with van der Waals surface area (Å²) in [7, 11) is -4.39. The van der Waals surface area contributed by atoms with Crippen LogP contribution in [0.25, 0.3) is 0 Å². The number of phosphoric acid groups is 1. The highest BCUT2D eigenvalue weighted by molar-refractivity contribution is 7.47. The van der Waals surface area contributed by atoms with E-state index in [9.17, 15) is 24.5 Å². The fourth-order valence-corrected chi connectivity index (χ4v) is 5.99. The lowest BCUT2D eigenvalue weighted by Crippen LogP contribution is -2.46. The molecule has 10 heteroatoms. The van der Waals surface area contributed by atoms with Crippen molar-refractivity contribution in [1.29, 1.82) is 0 Å². The zero-order chi connectivity index (χ0) is 34.1. The number of unbranched alkanes of at least 4 members (excludes halogenated alkanes) is 18. The summed E-state index contributed by atoms with van der Waals surface area (Å²) >= 11 is 0. The van der Waals surface area contributed by atoms with Gasteiger partial charge in [0, 0.05) is 6.54 Å². The molecule has 0 fully saturated rings. The summed E-state index contributed by atoms with van der Waals surface area (Å²) in [6.45, 7) is 3.90. The fraction of sp³-hybridized carbons (Fsp3) is 0.861. The van der Waals surface area contributed by atoms with Crippen molar-refractivity contribution in [3.8, 4) is 0 Å². The van der Waals surface area contributed by atoms with Crippen LogP contribution in [-0.2, 0) is 18.4 Å². The Balaban J connectivity index is 4.39. The summed E-state index contributed by atoms with van der Waals surface area (Å²) < 4.78 is 21.9. The van der Waals surface area contributed by atoms with E-state index < -0.39 is 38.6 Å². The van der Waals surface area contributed by atoms with E-state index in [1.165, 1.54) is 83.5 Å². The normalized spacial score (nSPS) is 15.3. The minimum Gasteiger partial charge on any atom is -0.393 e. The topological polar surface area (TPSA) is 151 Å². The van der Waals surface area contributed by atoms with Crippen molar-refractivity contribution in [3.05, 3.63) is 24.3 Å². The number of rotatable bonds is 34. The number of hydrogen-bond donors (Lipinski definition) is 5. The average molecular weight is 675 g/mol. The molecule has 272 valence electrons. The molecular formula is C36H71N2O7P. The summed E-state index contributed by atoms with van der Waals surface area (Å²) in [5.74, 6) is -0.455. The number of aliphatic hydroxyl groups excluding tert-OH is 2. The Labute approximate surface area is 281 Å². The number of aliphatic hydroxyl groups is 2. The standard InChI is InChI=1S/C36H71N2O7P/c1-3-5-7-9-11-13-14-15-16-17-18-20-21-23-25-27-33(39)31-36(41)38-34(32-45-46(42,43)44-30-29-37)35(40)28-26-24-22-19-12-10-8-6-4-2/h15-16,26,28,33-35,39-40H,3-14,17-25,27,29-32,37H2,1-2H3,(H,38,41)(H,42,43)/b16-15-,28-26+. The van der Waals surface area contributed by atoms with Gasteiger partial charge >= 0.3 is 7.82 Å². The largest absolute Gasteiger partial charge is 0.472 e. The van der Waals surface area contributed by atoms with E-state index in [2.05, 4.69) is 31.3 Å². The molecular weight excluding hydrogens is 603 g/mol. The zero-order valence-corrected chi connectivity index (χ0v) is 30.3. The molecule has 0 saturated carbocycles. The number of amides is 1. The van der Waals surface area contributed by atoms with Gasteiger partial charge in [0.15, 0.2) is 0 Å². The van der Waals surface area contributed by atoms with E-state index >= 15 is 0 Å². The Morgan fingerprint density at radius 1 is 0.739 bits per heavy atom. The molecule has 0 aromatic heterocycles. The molecule has 0 aromatic carbocycles. The Kier molecular flexibility index (Phi) is 31.7. The summed E-state index contributed by atoms with van der Waals surface area (Å²) in [6.07, 6.45) is 31.2. The first-order valence-electron chi connectivity index (χ1n) is 18.5. The molecule has 4 atom stereocenters. The van der Waals surface area contributed by atoms with Gasteiger partial charge in [0.2, 0.25) is 5.91 Å². The van der Waals surface area contributed by atoms with E-state index in [1.807, 2.05) is 6.08 Å². The van der Waals surface area contributed by atoms with Gasteiger partial charge in [-0.1, -0.05) is 134 Å². The maximum atomic E-state index is 12.7. The molecule has 0 heterocycles. The minimum absolute atomic E-state index is 0.0482. The Bertz CT molecular complexity index is 796. The first-order chi connectivity index (χ1) is 22.3. The SMILES string of the molecule is CCCCCCCC/C=C\CCCCCCCC(O)CC(=O)NC(COP(=O)(O)OCCN)C(O)/C=C/CCCCCCCCC. The molecule has 0 rings (SSSR count). The molecule has 0 radical (unpaired) electrons. The molecule has 46 heavy (non-hydrogen) atoms. The Hall–Kier alpha value is -1.06. The van der Waals surface area contributed by atoms with Crippen LogP contribution in [0.3, 0.4) is 0 Å². The van der Waals surface area contributed by atoms with E-state index in [0.29, 0.717) is 6.42 Å². The quantitative estimate of drug-likeness (QED) is 0.0259. The first kappa shape index (κ1) is 44.9. The van der Waals surface area contributed by atoms with Crippen molar-refractivity contribution >= 4 is 13.7 Å². The summed E-state index contributed by atoms with van der Waals surface area (Å²) in [5.41, 5.74) is 5.33. The number of hydrogen-bond acceptors (Lipinski definition) is 7. The van der Waals surface area contributed by atoms with Crippen molar-refractivity contribution in [3.63, 3.8) is 0 Å². The van der Waals surface area contributed by atoms with Crippen molar-refractivity contribution < 1.29 is 33.5 Å². The second kappa shape index (κ2) is 32.5. The predicted molar refractivity (Wildman–Crippen MR) is 191 cm³/mol. The van der Waals surface area contributed by atoms with Gasteiger partial charge in [-0.05, 0) is 44.9 Å². The van der Waals surface area contributed by atoms with Gasteiger partial charge in [-0.15, -0.1) is 0 Å². The number of nitrogens with one attached hydrogen (secondary N) is 1. The number of nitrogens with two attached hydrogens (primary N) is 1. The van der Waals surface area contributed by atoms with Gasteiger partial charge < -0.3 is 26.2 Å². The van der Waals surface area contributed by atoms with Gasteiger partial charge in [-0.2, -0.15) is 0 Å². The van der Waals surface area contributed by atoms with Crippen molar-refractivity contribution in [2.75, 3.05) is 19.8 Å². The molecule has 1 amide bonds. The van der Waals surface area contributed by atoms with Crippen molar-refractivity contribution in [1.82, 2.24) is 5.32 Å². The number of carbonyl (C=O) groups is 1. The molecule has 0 spiro atoms. The van der Waals surface area contributed by atoms with Gasteiger partial charge in [-0.25, -0.2) is 4.57 Å². The number of carbonyl (C=O) groups excluding carboxylic acids is 1. The Morgan fingerprint density at radius 2 is 1.22 bits per heavy atom. The molecule has 0 aliphatic heterocycles. The first-order valence-corrected chi connectivity index (χ1v) is 20.0. The summed E-state index contributed by atoms with van der Waals surface area (Å²) in [5, 5.41) is 23.8. The van der Waals surface area contributed by atoms with Gasteiger partial charge in [0.1, 0.15) is 0 Å². The Morgan fingerprint density at radius 3 is 1.74 bits per heavy atom. The highest BCUT2D eigenvalue weighted by Crippen LogP contribution is 2.43. The molecule has 0 saturated heterocycles. The van der Waals surface area contributed by atoms with E-state index in [4.69, 9.17) is 14.8 Å². The highest BCUT2D eigenvalue weighted by atomic mass is 31.2. The summed E-state index contributed by atoms with van der Waals surface area (Å²) in [6, 6.07) is -0.980. The van der Waals surface area contributed by atoms with Gasteiger partial charge in [0.05, 0.1) is 37.9 Å². The minimum atomic E-state index is -4.39. The van der Waals surface area contributed by atoms with Crippen molar-refractivity contribution in [2.45, 2.75) is 180 Å². The maximum absolute atomic E-state index is 12.7. The molecule has 0 aliphatic rings. The zero-order valence-electron chi connectivity index (χ0n) is 29.4. The van der Waals surface area contributed by atoms with Crippen LogP contribution in [0.2, 0.25) is 0 Å². The molecule has 9 nitrogen and oxygen atoms in total. The molecule has 0 aliphatic carbocycles. The van der Waals surface area contributed by atoms with Crippen LogP contribution in [0.1, 0.15) is 162 Å². The molecule has 0 aromatic rings. The highest BCUT2D eigenvalue weighted by Gasteiger charge is 2.27. The lowest BCUT2D eigenvalue weighted by molar-refractivity contribution is -0.124. The van der Waals surface area contributed by atoms with Crippen LogP contribution in [0.15, 0.2) is 24.3 Å². The second-order valence-electron chi connectivity index (χ2n) is 12.6. The lowest BCUT2D eigenvalue weighted by Gasteiger charge is -2.24. The van der Waals surface area contributed by atoms with Gasteiger partial charge in [0.25, 0.3) is 0 Å². The maximum Gasteiger partial charge on any atom is 0.472 e. The van der Waals surface area contributed by atoms with Crippen LogP contribution >= 0.6 is 7.82 Å². The average Bonchev–Trinajstić information content (AvgIpc) is 3.03. The molecule has 4 unspecified atom stereocenters. The van der Waals surface area contributed by atoms with Gasteiger partial charge in [-0.3, -0.25) is 13.8 Å². The molecule has 6 N–H and O–H groups in total. The van der Waals surface area contributed by atoms with E-state index in [1.54, 1.807) is 6.08 Å². The predicted octanol–water partition coefficient (Wildman–Crippen LogP) is 8.41. The van der Waals surface area contributed by atoms with Crippen LogP contribution in [0.4, 0.5) is 0 Å². The monoisotopic (exact) mass is 674 g/mol. The second-order valence-corrected chi connectivity index (χ2v) is 14.1. The molecule has 0 bridgehead atoms. The number of allylic oxidation sites excluding steroid dienone is 3. The lowest BCUT2D eigenvalue weighted by atomic mass is 10.0. The van der Waals surface area contributed by atoms with E-state index in [-0.39, 0.29) is 19.6 Å². The fourth-order valence-electron chi connectivity index (χ4n) is 5.23. The third kappa shape index (κ3) is 30.3.